The fourth-order valence-corrected chi connectivity index (χ4v) is 6.76. The van der Waals surface area contributed by atoms with Gasteiger partial charge < -0.3 is 38.3 Å². The molecule has 2 unspecified atom stereocenters. The van der Waals surface area contributed by atoms with E-state index in [2.05, 4.69) is 29.3 Å². The monoisotopic (exact) mass is 940 g/mol. The molecule has 2 aromatic heterocycles. The molecule has 20 nitrogen and oxygen atoms in total. The lowest BCUT2D eigenvalue weighted by atomic mass is 10.2. The maximum atomic E-state index is 12.8. The molecule has 2 aliphatic heterocycles. The van der Waals surface area contributed by atoms with E-state index in [4.69, 9.17) is 14.6 Å². The van der Waals surface area contributed by atoms with Crippen LogP contribution in [-0.2, 0) is 42.4 Å². The Morgan fingerprint density at radius 3 is 1.61 bits per heavy atom. The Bertz CT molecular complexity index is 2530. The summed E-state index contributed by atoms with van der Waals surface area (Å²) in [4.78, 5) is 50.2. The van der Waals surface area contributed by atoms with E-state index >= 15 is 0 Å². The molecule has 0 amide bonds. The van der Waals surface area contributed by atoms with Crippen molar-refractivity contribution in [3.05, 3.63) is 125 Å². The van der Waals surface area contributed by atoms with Gasteiger partial charge in [-0.05, 0) is 49.2 Å². The van der Waals surface area contributed by atoms with E-state index in [-0.39, 0.29) is 43.1 Å². The molecule has 0 radical (unpaired) electrons. The van der Waals surface area contributed by atoms with E-state index in [9.17, 15) is 59.1 Å². The number of aliphatic hydroxyl groups excluding tert-OH is 4. The highest BCUT2D eigenvalue weighted by molar-refractivity contribution is 9.08. The van der Waals surface area contributed by atoms with Gasteiger partial charge in [-0.1, -0.05) is 48.0 Å². The van der Waals surface area contributed by atoms with E-state index in [1.165, 1.54) is 64.8 Å². The topological polar surface area (TPSA) is 285 Å². The summed E-state index contributed by atoms with van der Waals surface area (Å²) in [6, 6.07) is 11.2. The zero-order valence-corrected chi connectivity index (χ0v) is 34.2. The summed E-state index contributed by atoms with van der Waals surface area (Å²) in [7, 11) is -10.1. The van der Waals surface area contributed by atoms with Crippen LogP contribution in [0.4, 0.5) is 7.77 Å². The standard InChI is InChI=1S/C17H19FN2O8S.C10H14N2O5.C7H6BrFO3S/c1-10-7-19(15-6-13(22)14(9-21)27-15)17(24)20(16(10)23)8-11-2-4-12(5-3-11)28-29(18,25)26;1-5-3-12(10(16)11-9(5)15)8-2-6(14)7(4-13)17-8;8-5-6-1-3-7(4-2-6)12-13(9,10)11/h2-5,7,13-15,21-22H,6,8-9H2,1H3;3,6-8,13-14H,2,4H2,1H3,(H,11,15,16);1-4H,5H2/t13?,14-,15-;6?,7-,8-;/m11./s1. The Kier molecular flexibility index (Phi) is 16.0. The normalized spacial score (nSPS) is 21.5. The van der Waals surface area contributed by atoms with Gasteiger partial charge in [0, 0.05) is 41.7 Å². The highest BCUT2D eigenvalue weighted by atomic mass is 79.9. The van der Waals surface area contributed by atoms with Gasteiger partial charge in [0.2, 0.25) is 0 Å². The molecule has 59 heavy (non-hydrogen) atoms. The summed E-state index contributed by atoms with van der Waals surface area (Å²) in [5.74, 6) is -0.291. The molecular formula is C34H39BrF2N4O16S2. The fraction of sp³-hybridized carbons (Fsp3) is 0.412. The van der Waals surface area contributed by atoms with Crippen LogP contribution >= 0.6 is 15.9 Å². The van der Waals surface area contributed by atoms with E-state index in [0.29, 0.717) is 16.5 Å². The van der Waals surface area contributed by atoms with Crippen LogP contribution in [0.1, 0.15) is 47.6 Å². The second-order valence-corrected chi connectivity index (χ2v) is 15.4. The number of hydrogen-bond acceptors (Lipinski definition) is 16. The highest BCUT2D eigenvalue weighted by Gasteiger charge is 2.36. The zero-order chi connectivity index (χ0) is 43.8. The number of nitrogens with zero attached hydrogens (tertiary/aromatic N) is 3. The number of alkyl halides is 1. The van der Waals surface area contributed by atoms with Crippen LogP contribution < -0.4 is 30.9 Å². The minimum absolute atomic E-state index is 0.0350. The molecule has 2 aromatic carbocycles. The first kappa shape index (κ1) is 47.1. The van der Waals surface area contributed by atoms with Crippen molar-refractivity contribution in [1.29, 1.82) is 0 Å². The van der Waals surface area contributed by atoms with Gasteiger partial charge in [0.1, 0.15) is 36.2 Å². The van der Waals surface area contributed by atoms with E-state index in [1.54, 1.807) is 19.1 Å². The number of aliphatic hydroxyl groups is 4. The summed E-state index contributed by atoms with van der Waals surface area (Å²) in [6.07, 6.45) is -1.79. The molecule has 2 fully saturated rings. The highest BCUT2D eigenvalue weighted by Crippen LogP contribution is 2.28. The maximum absolute atomic E-state index is 12.8. The van der Waals surface area contributed by atoms with Gasteiger partial charge in [-0.15, -0.1) is 0 Å². The van der Waals surface area contributed by atoms with Crippen LogP contribution in [-0.4, -0.2) is 93.6 Å². The number of halogens is 3. The molecule has 0 aliphatic carbocycles. The predicted octanol–water partition coefficient (Wildman–Crippen LogP) is 0.261. The summed E-state index contributed by atoms with van der Waals surface area (Å²) in [6.45, 7) is 2.24. The number of benzene rings is 2. The van der Waals surface area contributed by atoms with Gasteiger partial charge >= 0.3 is 32.4 Å². The predicted molar refractivity (Wildman–Crippen MR) is 205 cm³/mol. The molecule has 25 heteroatoms. The Hall–Kier alpha value is -4.60. The molecule has 5 N–H and O–H groups in total. The molecule has 4 heterocycles. The first-order valence-electron chi connectivity index (χ1n) is 17.2. The van der Waals surface area contributed by atoms with Crippen molar-refractivity contribution in [1.82, 2.24) is 18.7 Å². The van der Waals surface area contributed by atoms with E-state index < -0.39 is 87.0 Å². The number of ether oxygens (including phenoxy) is 2. The van der Waals surface area contributed by atoms with Gasteiger partial charge in [-0.2, -0.15) is 16.8 Å². The average molecular weight is 942 g/mol. The third-order valence-electron chi connectivity index (χ3n) is 8.63. The minimum Gasteiger partial charge on any atom is -0.394 e. The molecule has 2 saturated heterocycles. The Labute approximate surface area is 342 Å². The third-order valence-corrected chi connectivity index (χ3v) is 10.1. The quantitative estimate of drug-likeness (QED) is 0.0996. The molecule has 0 spiro atoms. The van der Waals surface area contributed by atoms with Crippen molar-refractivity contribution in [3.8, 4) is 11.5 Å². The number of aryl methyl sites for hydroxylation is 2. The summed E-state index contributed by atoms with van der Waals surface area (Å²) >= 11 is 3.21. The van der Waals surface area contributed by atoms with Crippen molar-refractivity contribution in [3.63, 3.8) is 0 Å². The first-order valence-corrected chi connectivity index (χ1v) is 20.9. The van der Waals surface area contributed by atoms with Gasteiger partial charge in [0.25, 0.3) is 11.1 Å². The van der Waals surface area contributed by atoms with Crippen LogP contribution in [0.2, 0.25) is 0 Å². The van der Waals surface area contributed by atoms with E-state index in [0.717, 1.165) is 10.1 Å². The van der Waals surface area contributed by atoms with Crippen LogP contribution in [0.3, 0.4) is 0 Å². The molecule has 6 atom stereocenters. The second-order valence-electron chi connectivity index (χ2n) is 13.0. The smallest absolute Gasteiger partial charge is 0.394 e. The number of aromatic amines is 1. The van der Waals surface area contributed by atoms with Crippen molar-refractivity contribution >= 4 is 36.9 Å². The van der Waals surface area contributed by atoms with Crippen LogP contribution in [0, 0.1) is 13.8 Å². The fourth-order valence-electron chi connectivity index (χ4n) is 5.70. The summed E-state index contributed by atoms with van der Waals surface area (Å²) in [5, 5.41) is 38.3. The van der Waals surface area contributed by atoms with Crippen LogP contribution in [0.25, 0.3) is 0 Å². The van der Waals surface area contributed by atoms with Gasteiger partial charge in [0.15, 0.2) is 0 Å². The maximum Gasteiger partial charge on any atom is 0.488 e. The van der Waals surface area contributed by atoms with Gasteiger partial charge in [-0.3, -0.25) is 28.3 Å². The lowest BCUT2D eigenvalue weighted by Crippen LogP contribution is -2.42. The van der Waals surface area contributed by atoms with Crippen molar-refractivity contribution < 1.29 is 62.9 Å². The summed E-state index contributed by atoms with van der Waals surface area (Å²) < 4.78 is 88.0. The largest absolute Gasteiger partial charge is 0.488 e. The molecule has 2 aliphatic rings. The number of aromatic nitrogens is 4. The van der Waals surface area contributed by atoms with Crippen LogP contribution in [0.5, 0.6) is 11.5 Å². The van der Waals surface area contributed by atoms with Crippen molar-refractivity contribution in [2.45, 2.75) is 75.4 Å². The van der Waals surface area contributed by atoms with Gasteiger partial charge in [0.05, 0.1) is 32.0 Å². The lowest BCUT2D eigenvalue weighted by molar-refractivity contribution is -0.0463. The van der Waals surface area contributed by atoms with Crippen LogP contribution in [0.15, 0.2) is 80.1 Å². The average Bonchev–Trinajstić information content (AvgIpc) is 3.74. The molecule has 0 saturated carbocycles. The zero-order valence-electron chi connectivity index (χ0n) is 31.0. The number of H-pyrrole nitrogens is 1. The molecule has 6 rings (SSSR count). The third kappa shape index (κ3) is 13.2. The number of hydrogen-bond donors (Lipinski definition) is 5. The van der Waals surface area contributed by atoms with Crippen molar-refractivity contribution in [2.75, 3.05) is 13.2 Å². The van der Waals surface area contributed by atoms with Gasteiger partial charge in [-0.25, -0.2) is 9.59 Å². The summed E-state index contributed by atoms with van der Waals surface area (Å²) in [5.41, 5.74) is -0.180. The number of nitrogens with one attached hydrogen (secondary N) is 1. The van der Waals surface area contributed by atoms with E-state index in [1.807, 2.05) is 0 Å². The minimum atomic E-state index is -5.16. The first-order chi connectivity index (χ1) is 27.6. The Morgan fingerprint density at radius 1 is 0.746 bits per heavy atom. The number of rotatable bonds is 11. The molecular weight excluding hydrogens is 902 g/mol. The van der Waals surface area contributed by atoms with Crippen molar-refractivity contribution in [2.24, 2.45) is 0 Å². The Morgan fingerprint density at radius 2 is 1.19 bits per heavy atom. The molecule has 4 aromatic rings. The second kappa shape index (κ2) is 20.1. The molecule has 0 bridgehead atoms. The lowest BCUT2D eigenvalue weighted by Gasteiger charge is -2.17. The SMILES string of the molecule is Cc1cn([C@H]2CC(O)[C@@H](CO)O2)c(=O)[nH]c1=O.Cc1cn([C@H]2CC(O)[C@@H](CO)O2)c(=O)n(Cc2ccc(OS(=O)(=O)F)cc2)c1=O.O=S(=O)(F)Oc1ccc(CBr)cc1. The Balaban J connectivity index is 0.000000216. The molecule has 324 valence electrons.